The van der Waals surface area contributed by atoms with Crippen molar-refractivity contribution in [1.29, 1.82) is 0 Å². The topological polar surface area (TPSA) is 153 Å². The van der Waals surface area contributed by atoms with E-state index in [0.717, 1.165) is 18.3 Å². The summed E-state index contributed by atoms with van der Waals surface area (Å²) in [6, 6.07) is 3.55. The second-order valence-corrected chi connectivity index (χ2v) is 6.21. The number of carbonyl (C=O) groups excluding carboxylic acids is 2. The van der Waals surface area contributed by atoms with Gasteiger partial charge >= 0.3 is 17.6 Å². The first-order valence-corrected chi connectivity index (χ1v) is 8.46. The highest BCUT2D eigenvalue weighted by Gasteiger charge is 2.59. The van der Waals surface area contributed by atoms with Gasteiger partial charge in [0.1, 0.15) is 17.6 Å². The number of aromatic nitrogens is 3. The Bertz CT molecular complexity index is 1030. The number of ether oxygens (including phenoxy) is 2. The van der Waals surface area contributed by atoms with Crippen LogP contribution in [0.3, 0.4) is 0 Å². The quantitative estimate of drug-likeness (QED) is 0.540. The summed E-state index contributed by atoms with van der Waals surface area (Å²) < 4.78 is 38.2. The standard InChI is InChI=1S/C17H16F2N4O7/c1-29-14(27)8-2-4-20-9(6-8)13(26)21-11-3-5-23(16(28)22-11)15-17(18,19)12(25)10(7-24)30-15/h2-6,10,12,15,24-25H,7H2,1H3,(H,21,22,26,28)/t10-,12-,15-/m1/s1. The lowest BCUT2D eigenvalue weighted by Crippen LogP contribution is -2.41. The molecular formula is C17H16F2N4O7. The molecule has 1 aliphatic heterocycles. The molecule has 30 heavy (non-hydrogen) atoms. The number of methoxy groups -OCH3 is 1. The Balaban J connectivity index is 1.80. The molecule has 3 N–H and O–H groups in total. The molecule has 0 spiro atoms. The molecule has 2 aromatic heterocycles. The number of pyridine rings is 1. The van der Waals surface area contributed by atoms with Crippen LogP contribution < -0.4 is 11.0 Å². The molecule has 13 heteroatoms. The lowest BCUT2D eigenvalue weighted by molar-refractivity contribution is -0.140. The number of carbonyl (C=O) groups is 2. The maximum absolute atomic E-state index is 14.2. The monoisotopic (exact) mass is 426 g/mol. The molecule has 0 aromatic carbocycles. The van der Waals surface area contributed by atoms with Crippen molar-refractivity contribution >= 4 is 17.7 Å². The van der Waals surface area contributed by atoms with Crippen LogP contribution in [0.1, 0.15) is 27.1 Å². The summed E-state index contributed by atoms with van der Waals surface area (Å²) in [4.78, 5) is 43.3. The molecular weight excluding hydrogens is 410 g/mol. The Morgan fingerprint density at radius 3 is 2.73 bits per heavy atom. The maximum atomic E-state index is 14.2. The fourth-order valence-corrected chi connectivity index (χ4v) is 2.76. The van der Waals surface area contributed by atoms with Crippen LogP contribution in [0.15, 0.2) is 35.4 Å². The van der Waals surface area contributed by atoms with E-state index in [9.17, 15) is 28.3 Å². The Morgan fingerprint density at radius 1 is 1.40 bits per heavy atom. The molecule has 3 atom stereocenters. The van der Waals surface area contributed by atoms with E-state index in [1.807, 2.05) is 0 Å². The van der Waals surface area contributed by atoms with Crippen LogP contribution >= 0.6 is 0 Å². The third kappa shape index (κ3) is 3.90. The Labute approximate surface area is 166 Å². The minimum absolute atomic E-state index is 0.0682. The molecule has 1 amide bonds. The zero-order valence-corrected chi connectivity index (χ0v) is 15.4. The number of aliphatic hydroxyl groups excluding tert-OH is 2. The maximum Gasteiger partial charge on any atom is 0.351 e. The van der Waals surface area contributed by atoms with Gasteiger partial charge in [0.15, 0.2) is 6.10 Å². The van der Waals surface area contributed by atoms with Gasteiger partial charge < -0.3 is 25.0 Å². The number of esters is 1. The molecule has 1 fully saturated rings. The zero-order chi connectivity index (χ0) is 22.1. The van der Waals surface area contributed by atoms with Crippen LogP contribution in [0.5, 0.6) is 0 Å². The van der Waals surface area contributed by atoms with E-state index in [2.05, 4.69) is 20.0 Å². The Morgan fingerprint density at radius 2 is 2.13 bits per heavy atom. The van der Waals surface area contributed by atoms with Gasteiger partial charge in [-0.15, -0.1) is 0 Å². The van der Waals surface area contributed by atoms with E-state index in [0.29, 0.717) is 4.57 Å². The van der Waals surface area contributed by atoms with Gasteiger partial charge in [-0.05, 0) is 18.2 Å². The lowest BCUT2D eigenvalue weighted by atomic mass is 10.1. The van der Waals surface area contributed by atoms with Crippen molar-refractivity contribution in [2.75, 3.05) is 19.0 Å². The molecule has 2 aromatic rings. The summed E-state index contributed by atoms with van der Waals surface area (Å²) in [6.45, 7) is -0.874. The molecule has 0 saturated carbocycles. The van der Waals surface area contributed by atoms with E-state index in [4.69, 9.17) is 9.84 Å². The zero-order valence-electron chi connectivity index (χ0n) is 15.4. The highest BCUT2D eigenvalue weighted by molar-refractivity contribution is 6.03. The van der Waals surface area contributed by atoms with Gasteiger partial charge in [-0.1, -0.05) is 0 Å². The second-order valence-electron chi connectivity index (χ2n) is 6.21. The van der Waals surface area contributed by atoms with Gasteiger partial charge in [0.05, 0.1) is 19.3 Å². The van der Waals surface area contributed by atoms with Crippen molar-refractivity contribution in [2.45, 2.75) is 24.4 Å². The van der Waals surface area contributed by atoms with Gasteiger partial charge in [-0.2, -0.15) is 13.8 Å². The SMILES string of the molecule is COC(=O)c1ccnc(C(=O)Nc2ccn([C@@H]3O[C@H](CO)[C@@H](O)C3(F)F)c(=O)n2)c1. The first-order valence-electron chi connectivity index (χ1n) is 8.46. The van der Waals surface area contributed by atoms with Crippen molar-refractivity contribution in [3.05, 3.63) is 52.3 Å². The molecule has 0 unspecified atom stereocenters. The highest BCUT2D eigenvalue weighted by Crippen LogP contribution is 2.41. The summed E-state index contributed by atoms with van der Waals surface area (Å²) in [5.74, 6) is -5.63. The van der Waals surface area contributed by atoms with Crippen molar-refractivity contribution in [1.82, 2.24) is 14.5 Å². The summed E-state index contributed by atoms with van der Waals surface area (Å²) in [6.07, 6.45) is -3.98. The minimum Gasteiger partial charge on any atom is -0.465 e. The molecule has 3 rings (SSSR count). The van der Waals surface area contributed by atoms with Crippen LogP contribution in [0.4, 0.5) is 14.6 Å². The molecule has 1 saturated heterocycles. The van der Waals surface area contributed by atoms with Gasteiger partial charge in [-0.3, -0.25) is 14.3 Å². The van der Waals surface area contributed by atoms with Crippen LogP contribution in [-0.2, 0) is 9.47 Å². The predicted octanol–water partition coefficient (Wildman–Crippen LogP) is -0.437. The van der Waals surface area contributed by atoms with E-state index in [1.165, 1.54) is 19.4 Å². The van der Waals surface area contributed by atoms with Crippen molar-refractivity contribution < 1.29 is 38.1 Å². The number of nitrogens with zero attached hydrogens (tertiary/aromatic N) is 3. The molecule has 11 nitrogen and oxygen atoms in total. The number of hydrogen-bond donors (Lipinski definition) is 3. The smallest absolute Gasteiger partial charge is 0.351 e. The third-order valence-electron chi connectivity index (χ3n) is 4.30. The normalized spacial score (nSPS) is 22.5. The summed E-state index contributed by atoms with van der Waals surface area (Å²) in [7, 11) is 1.17. The Hall–Kier alpha value is -3.29. The molecule has 0 aliphatic carbocycles. The predicted molar refractivity (Wildman–Crippen MR) is 94.0 cm³/mol. The lowest BCUT2D eigenvalue weighted by Gasteiger charge is -2.21. The first-order chi connectivity index (χ1) is 14.2. The third-order valence-corrected chi connectivity index (χ3v) is 4.30. The molecule has 0 bridgehead atoms. The summed E-state index contributed by atoms with van der Waals surface area (Å²) >= 11 is 0. The highest BCUT2D eigenvalue weighted by atomic mass is 19.3. The average molecular weight is 426 g/mol. The number of hydrogen-bond acceptors (Lipinski definition) is 9. The fraction of sp³-hybridized carbons (Fsp3) is 0.353. The number of nitrogens with one attached hydrogen (secondary N) is 1. The van der Waals surface area contributed by atoms with E-state index < -0.39 is 48.5 Å². The van der Waals surface area contributed by atoms with Gasteiger partial charge in [0, 0.05) is 12.4 Å². The number of anilines is 1. The minimum atomic E-state index is -3.86. The largest absolute Gasteiger partial charge is 0.465 e. The van der Waals surface area contributed by atoms with E-state index in [1.54, 1.807) is 0 Å². The van der Waals surface area contributed by atoms with Crippen molar-refractivity contribution in [2.24, 2.45) is 0 Å². The van der Waals surface area contributed by atoms with Crippen LogP contribution in [0, 0.1) is 0 Å². The number of aliphatic hydroxyl groups is 2. The van der Waals surface area contributed by atoms with Crippen LogP contribution in [-0.4, -0.2) is 68.5 Å². The van der Waals surface area contributed by atoms with Crippen molar-refractivity contribution in [3.8, 4) is 0 Å². The second kappa shape index (κ2) is 8.22. The summed E-state index contributed by atoms with van der Waals surface area (Å²) in [5, 5.41) is 20.8. The Kier molecular flexibility index (Phi) is 5.87. The van der Waals surface area contributed by atoms with Crippen LogP contribution in [0.2, 0.25) is 0 Å². The number of halogens is 2. The molecule has 0 radical (unpaired) electrons. The number of rotatable bonds is 5. The van der Waals surface area contributed by atoms with E-state index >= 15 is 0 Å². The summed E-state index contributed by atoms with van der Waals surface area (Å²) in [5.41, 5.74) is -1.30. The van der Waals surface area contributed by atoms with Gasteiger partial charge in [0.25, 0.3) is 5.91 Å². The van der Waals surface area contributed by atoms with Crippen molar-refractivity contribution in [3.63, 3.8) is 0 Å². The van der Waals surface area contributed by atoms with E-state index in [-0.39, 0.29) is 17.1 Å². The van der Waals surface area contributed by atoms with Crippen LogP contribution in [0.25, 0.3) is 0 Å². The number of alkyl halides is 2. The molecule has 160 valence electrons. The molecule has 3 heterocycles. The average Bonchev–Trinajstić information content (AvgIpc) is 2.96. The molecule has 1 aliphatic rings. The first kappa shape index (κ1) is 21.4. The van der Waals surface area contributed by atoms with Gasteiger partial charge in [0.2, 0.25) is 6.23 Å². The number of amides is 1. The van der Waals surface area contributed by atoms with Gasteiger partial charge in [-0.25, -0.2) is 9.59 Å². The fourth-order valence-electron chi connectivity index (χ4n) is 2.76.